The third-order valence-corrected chi connectivity index (χ3v) is 2.87. The Balaban J connectivity index is 3.09. The first-order valence-corrected chi connectivity index (χ1v) is 5.36. The second-order valence-corrected chi connectivity index (χ2v) is 4.17. The summed E-state index contributed by atoms with van der Waals surface area (Å²) >= 11 is 3.28. The number of methoxy groups -OCH3 is 1. The van der Waals surface area contributed by atoms with Crippen molar-refractivity contribution in [2.24, 2.45) is 0 Å². The maximum atomic E-state index is 13.6. The summed E-state index contributed by atoms with van der Waals surface area (Å²) in [5.41, 5.74) is 0.523. The molecule has 0 spiro atoms. The molecule has 0 bridgehead atoms. The molecule has 0 fully saturated rings. The summed E-state index contributed by atoms with van der Waals surface area (Å²) in [6, 6.07) is 2.98. The summed E-state index contributed by atoms with van der Waals surface area (Å²) in [5, 5.41) is 0. The fraction of sp³-hybridized carbons (Fsp3) is 0.364. The highest BCUT2D eigenvalue weighted by atomic mass is 79.9. The van der Waals surface area contributed by atoms with Gasteiger partial charge in [-0.1, -0.05) is 6.92 Å². The predicted octanol–water partition coefficient (Wildman–Crippen LogP) is 3.29. The van der Waals surface area contributed by atoms with Crippen molar-refractivity contribution in [3.8, 4) is 5.75 Å². The number of carbonyl (C=O) groups is 1. The summed E-state index contributed by atoms with van der Waals surface area (Å²) < 4.78 is 19.2. The van der Waals surface area contributed by atoms with Crippen LogP contribution in [0.4, 0.5) is 4.39 Å². The fourth-order valence-corrected chi connectivity index (χ4v) is 1.87. The molecule has 1 aromatic carbocycles. The summed E-state index contributed by atoms with van der Waals surface area (Å²) in [6.07, 6.45) is 1.11. The van der Waals surface area contributed by atoms with E-state index in [1.54, 1.807) is 6.07 Å². The van der Waals surface area contributed by atoms with Crippen molar-refractivity contribution in [1.82, 2.24) is 0 Å². The number of benzene rings is 1. The quantitative estimate of drug-likeness (QED) is 0.788. The van der Waals surface area contributed by atoms with E-state index in [9.17, 15) is 9.18 Å². The third kappa shape index (κ3) is 2.78. The van der Waals surface area contributed by atoms with Crippen LogP contribution < -0.4 is 4.74 Å². The molecule has 0 N–H and O–H groups in total. The van der Waals surface area contributed by atoms with Gasteiger partial charge in [0.2, 0.25) is 0 Å². The van der Waals surface area contributed by atoms with Crippen LogP contribution in [-0.2, 0) is 4.79 Å². The van der Waals surface area contributed by atoms with Crippen LogP contribution in [0.3, 0.4) is 0 Å². The number of ether oxygens (including phenoxy) is 1. The smallest absolute Gasteiger partial charge is 0.135 e. The van der Waals surface area contributed by atoms with E-state index in [0.29, 0.717) is 22.2 Å². The maximum absolute atomic E-state index is 13.6. The number of aldehydes is 1. The van der Waals surface area contributed by atoms with E-state index in [1.807, 2.05) is 6.92 Å². The Bertz CT molecular complexity index is 366. The minimum absolute atomic E-state index is 0.121. The predicted molar refractivity (Wildman–Crippen MR) is 59.7 cm³/mol. The molecule has 0 aliphatic carbocycles. The van der Waals surface area contributed by atoms with Gasteiger partial charge in [0, 0.05) is 12.5 Å². The van der Waals surface area contributed by atoms with E-state index >= 15 is 0 Å². The SMILES string of the molecule is COc1cc(F)c(C(C)CC=O)cc1Br. The van der Waals surface area contributed by atoms with Crippen LogP contribution in [-0.4, -0.2) is 13.4 Å². The number of carbonyl (C=O) groups excluding carboxylic acids is 1. The maximum Gasteiger partial charge on any atom is 0.135 e. The van der Waals surface area contributed by atoms with Crippen molar-refractivity contribution in [3.05, 3.63) is 28.0 Å². The minimum atomic E-state index is -0.343. The van der Waals surface area contributed by atoms with Gasteiger partial charge in [0.05, 0.1) is 11.6 Å². The number of halogens is 2. The monoisotopic (exact) mass is 274 g/mol. The van der Waals surface area contributed by atoms with Gasteiger partial charge in [0.15, 0.2) is 0 Å². The van der Waals surface area contributed by atoms with E-state index in [4.69, 9.17) is 4.74 Å². The van der Waals surface area contributed by atoms with E-state index in [-0.39, 0.29) is 11.7 Å². The van der Waals surface area contributed by atoms with Gasteiger partial charge in [-0.25, -0.2) is 4.39 Å². The molecule has 15 heavy (non-hydrogen) atoms. The van der Waals surface area contributed by atoms with Gasteiger partial charge in [-0.2, -0.15) is 0 Å². The number of hydrogen-bond acceptors (Lipinski definition) is 2. The average Bonchev–Trinajstić information content (AvgIpc) is 2.21. The van der Waals surface area contributed by atoms with Crippen LogP contribution in [0.1, 0.15) is 24.8 Å². The molecular formula is C11H12BrFO2. The molecular weight excluding hydrogens is 263 g/mol. The van der Waals surface area contributed by atoms with Crippen molar-refractivity contribution >= 4 is 22.2 Å². The van der Waals surface area contributed by atoms with E-state index in [2.05, 4.69) is 15.9 Å². The van der Waals surface area contributed by atoms with Crippen LogP contribution in [0.25, 0.3) is 0 Å². The van der Waals surface area contributed by atoms with E-state index in [0.717, 1.165) is 6.29 Å². The Morgan fingerprint density at radius 2 is 2.27 bits per heavy atom. The topological polar surface area (TPSA) is 26.3 Å². The standard InChI is InChI=1S/C11H12BrFO2/c1-7(3-4-14)8-5-9(12)11(15-2)6-10(8)13/h4-7H,3H2,1-2H3. The van der Waals surface area contributed by atoms with Gasteiger partial charge in [-0.05, 0) is 33.5 Å². The molecule has 0 saturated heterocycles. The first-order valence-electron chi connectivity index (χ1n) is 4.56. The molecule has 2 nitrogen and oxygen atoms in total. The fourth-order valence-electron chi connectivity index (χ4n) is 1.35. The Hall–Kier alpha value is -0.900. The number of hydrogen-bond donors (Lipinski definition) is 0. The molecule has 0 saturated carbocycles. The molecule has 1 rings (SSSR count). The summed E-state index contributed by atoms with van der Waals surface area (Å²) in [4.78, 5) is 10.3. The van der Waals surface area contributed by atoms with Gasteiger partial charge in [0.1, 0.15) is 17.9 Å². The molecule has 1 aromatic rings. The van der Waals surface area contributed by atoms with Crippen molar-refractivity contribution in [3.63, 3.8) is 0 Å². The second-order valence-electron chi connectivity index (χ2n) is 3.31. The summed E-state index contributed by atoms with van der Waals surface area (Å²) in [7, 11) is 1.48. The first-order chi connectivity index (χ1) is 7.10. The Morgan fingerprint density at radius 1 is 1.60 bits per heavy atom. The summed E-state index contributed by atoms with van der Waals surface area (Å²) in [5.74, 6) is -0.0105. The van der Waals surface area contributed by atoms with Crippen LogP contribution in [0, 0.1) is 5.82 Å². The average molecular weight is 275 g/mol. The largest absolute Gasteiger partial charge is 0.495 e. The molecule has 0 aromatic heterocycles. The van der Waals surface area contributed by atoms with Crippen LogP contribution in [0.2, 0.25) is 0 Å². The lowest BCUT2D eigenvalue weighted by molar-refractivity contribution is -0.108. The zero-order valence-corrected chi connectivity index (χ0v) is 10.2. The zero-order chi connectivity index (χ0) is 11.4. The van der Waals surface area contributed by atoms with Gasteiger partial charge in [0.25, 0.3) is 0 Å². The van der Waals surface area contributed by atoms with Gasteiger partial charge < -0.3 is 9.53 Å². The molecule has 1 unspecified atom stereocenters. The Kier molecular flexibility index (Phi) is 4.27. The van der Waals surface area contributed by atoms with Gasteiger partial charge >= 0.3 is 0 Å². The highest BCUT2D eigenvalue weighted by Crippen LogP contribution is 2.31. The lowest BCUT2D eigenvalue weighted by Gasteiger charge is -2.12. The molecule has 0 aliphatic rings. The first kappa shape index (κ1) is 12.2. The zero-order valence-electron chi connectivity index (χ0n) is 8.59. The minimum Gasteiger partial charge on any atom is -0.495 e. The molecule has 0 aliphatic heterocycles. The van der Waals surface area contributed by atoms with Crippen LogP contribution >= 0.6 is 15.9 Å². The molecule has 0 amide bonds. The molecule has 82 valence electrons. The second kappa shape index (κ2) is 5.26. The molecule has 0 heterocycles. The highest BCUT2D eigenvalue weighted by Gasteiger charge is 2.14. The molecule has 1 atom stereocenters. The molecule has 0 radical (unpaired) electrons. The normalized spacial score (nSPS) is 12.3. The lowest BCUT2D eigenvalue weighted by atomic mass is 9.98. The highest BCUT2D eigenvalue weighted by molar-refractivity contribution is 9.10. The Morgan fingerprint density at radius 3 is 2.80 bits per heavy atom. The summed E-state index contributed by atoms with van der Waals surface area (Å²) in [6.45, 7) is 1.81. The van der Waals surface area contributed by atoms with Crippen LogP contribution in [0.5, 0.6) is 5.75 Å². The van der Waals surface area contributed by atoms with Crippen molar-refractivity contribution in [2.45, 2.75) is 19.3 Å². The molecule has 4 heteroatoms. The lowest BCUT2D eigenvalue weighted by Crippen LogP contribution is -1.99. The van der Waals surface area contributed by atoms with Crippen molar-refractivity contribution in [2.75, 3.05) is 7.11 Å². The van der Waals surface area contributed by atoms with Gasteiger partial charge in [-0.3, -0.25) is 0 Å². The third-order valence-electron chi connectivity index (χ3n) is 2.25. The number of rotatable bonds is 4. The Labute approximate surface area is 96.6 Å². The van der Waals surface area contributed by atoms with Crippen molar-refractivity contribution < 1.29 is 13.9 Å². The van der Waals surface area contributed by atoms with Crippen molar-refractivity contribution in [1.29, 1.82) is 0 Å². The van der Waals surface area contributed by atoms with Crippen LogP contribution in [0.15, 0.2) is 16.6 Å². The van der Waals surface area contributed by atoms with E-state index < -0.39 is 0 Å². The van der Waals surface area contributed by atoms with E-state index in [1.165, 1.54) is 13.2 Å². The van der Waals surface area contributed by atoms with Gasteiger partial charge in [-0.15, -0.1) is 0 Å².